The molecule has 1 aromatic heterocycles. The Morgan fingerprint density at radius 2 is 2.29 bits per heavy atom. The lowest BCUT2D eigenvalue weighted by molar-refractivity contribution is -0.190. The van der Waals surface area contributed by atoms with Crippen molar-refractivity contribution in [2.75, 3.05) is 19.6 Å². The third kappa shape index (κ3) is 2.21. The number of piperidine rings is 1. The van der Waals surface area contributed by atoms with Crippen molar-refractivity contribution in [1.29, 1.82) is 0 Å². The zero-order valence-electron chi connectivity index (χ0n) is 11.6. The van der Waals surface area contributed by atoms with E-state index >= 15 is 0 Å². The summed E-state index contributed by atoms with van der Waals surface area (Å²) in [5, 5.41) is 9.40. The minimum absolute atomic E-state index is 0.0242. The highest BCUT2D eigenvalue weighted by Gasteiger charge is 2.81. The number of fused-ring (bicyclic) bond motifs is 1. The fourth-order valence-corrected chi connectivity index (χ4v) is 3.35. The molecule has 2 N–H and O–H groups in total. The van der Waals surface area contributed by atoms with Crippen LogP contribution >= 0.6 is 0 Å². The second-order valence-corrected chi connectivity index (χ2v) is 6.13. The van der Waals surface area contributed by atoms with Gasteiger partial charge in [0.1, 0.15) is 6.54 Å². The van der Waals surface area contributed by atoms with Crippen LogP contribution in [0.5, 0.6) is 0 Å². The number of carbonyl (C=O) groups is 1. The Kier molecular flexibility index (Phi) is 3.05. The van der Waals surface area contributed by atoms with Crippen LogP contribution in [0.15, 0.2) is 12.4 Å². The number of hydrogen-bond acceptors (Lipinski definition) is 3. The number of hydrogen-bond donors (Lipinski definition) is 2. The van der Waals surface area contributed by atoms with Crippen molar-refractivity contribution in [2.45, 2.75) is 26.1 Å². The lowest BCUT2D eigenvalue weighted by Crippen LogP contribution is -2.38. The smallest absolute Gasteiger partial charge is 0.354 e. The van der Waals surface area contributed by atoms with Gasteiger partial charge in [-0.15, -0.1) is 0 Å². The van der Waals surface area contributed by atoms with Crippen LogP contribution in [0.2, 0.25) is 0 Å². The van der Waals surface area contributed by atoms with Crippen molar-refractivity contribution in [2.24, 2.45) is 10.8 Å². The molecule has 2 heterocycles. The largest absolute Gasteiger partial charge is 0.396 e. The molecule has 1 amide bonds. The molecule has 3 rings (SSSR count). The number of nitrogens with zero attached hydrogens (tertiary/aromatic N) is 2. The summed E-state index contributed by atoms with van der Waals surface area (Å²) >= 11 is 0. The quantitative estimate of drug-likeness (QED) is 0.867. The molecule has 2 aliphatic rings. The molecule has 0 radical (unpaired) electrons. The van der Waals surface area contributed by atoms with Crippen LogP contribution in [0.25, 0.3) is 0 Å². The molecule has 8 heteroatoms. The van der Waals surface area contributed by atoms with E-state index in [1.807, 2.05) is 6.92 Å². The van der Waals surface area contributed by atoms with Gasteiger partial charge in [-0.05, 0) is 18.9 Å². The summed E-state index contributed by atoms with van der Waals surface area (Å²) in [6, 6.07) is 0. The number of carbonyl (C=O) groups excluding carboxylic acids is 1. The third-order valence-electron chi connectivity index (χ3n) is 4.66. The maximum atomic E-state index is 13.1. The van der Waals surface area contributed by atoms with Crippen molar-refractivity contribution in [3.05, 3.63) is 18.0 Å². The second kappa shape index (κ2) is 4.46. The fraction of sp³-hybridized carbons (Fsp3) is 0.692. The van der Waals surface area contributed by atoms with Gasteiger partial charge in [-0.25, -0.2) is 0 Å². The molecule has 0 aromatic carbocycles. The van der Waals surface area contributed by atoms with Gasteiger partial charge in [0.05, 0.1) is 11.6 Å². The Hall–Kier alpha value is -1.57. The monoisotopic (exact) mass is 302 g/mol. The Morgan fingerprint density at radius 1 is 1.52 bits per heavy atom. The van der Waals surface area contributed by atoms with Gasteiger partial charge in [-0.1, -0.05) is 0 Å². The van der Waals surface area contributed by atoms with Gasteiger partial charge in [0.2, 0.25) is 5.91 Å². The molecule has 5 nitrogen and oxygen atoms in total. The van der Waals surface area contributed by atoms with E-state index in [9.17, 15) is 18.0 Å². The summed E-state index contributed by atoms with van der Waals surface area (Å²) in [5.74, 6) is -0.317. The molecule has 1 saturated heterocycles. The summed E-state index contributed by atoms with van der Waals surface area (Å²) < 4.78 is 40.9. The van der Waals surface area contributed by atoms with E-state index in [-0.39, 0.29) is 32.0 Å². The molecule has 0 spiro atoms. The SMILES string of the molecule is Cc1cnn(CC(=O)NC[C@@]23CNC[C@]2(C(F)(F)F)C3)c1. The molecule has 1 saturated carbocycles. The van der Waals surface area contributed by atoms with Crippen LogP contribution in [-0.2, 0) is 11.3 Å². The molecule has 1 aliphatic heterocycles. The van der Waals surface area contributed by atoms with Crippen molar-refractivity contribution in [3.8, 4) is 0 Å². The first kappa shape index (κ1) is 14.4. The number of aryl methyl sites for hydroxylation is 1. The van der Waals surface area contributed by atoms with E-state index < -0.39 is 17.0 Å². The lowest BCUT2D eigenvalue weighted by atomic mass is 9.95. The van der Waals surface area contributed by atoms with Gasteiger partial charge in [0, 0.05) is 31.2 Å². The minimum atomic E-state index is -4.22. The normalized spacial score (nSPS) is 31.0. The number of alkyl halides is 3. The predicted molar refractivity (Wildman–Crippen MR) is 68.4 cm³/mol. The van der Waals surface area contributed by atoms with E-state index in [4.69, 9.17) is 0 Å². The summed E-state index contributed by atoms with van der Waals surface area (Å²) in [5.41, 5.74) is -1.60. The maximum Gasteiger partial charge on any atom is 0.396 e. The molecule has 2 atom stereocenters. The van der Waals surface area contributed by atoms with Gasteiger partial charge in [0.25, 0.3) is 0 Å². The molecule has 0 bridgehead atoms. The third-order valence-corrected chi connectivity index (χ3v) is 4.66. The van der Waals surface area contributed by atoms with Crippen LogP contribution in [0.4, 0.5) is 13.2 Å². The van der Waals surface area contributed by atoms with Crippen molar-refractivity contribution in [3.63, 3.8) is 0 Å². The Bertz CT molecular complexity index is 570. The number of aromatic nitrogens is 2. The van der Waals surface area contributed by atoms with E-state index in [0.717, 1.165) is 5.56 Å². The topological polar surface area (TPSA) is 59.0 Å². The van der Waals surface area contributed by atoms with Crippen molar-refractivity contribution >= 4 is 5.91 Å². The van der Waals surface area contributed by atoms with Crippen LogP contribution in [0, 0.1) is 17.8 Å². The van der Waals surface area contributed by atoms with Crippen molar-refractivity contribution in [1.82, 2.24) is 20.4 Å². The maximum absolute atomic E-state index is 13.1. The highest BCUT2D eigenvalue weighted by atomic mass is 19.4. The fourth-order valence-electron chi connectivity index (χ4n) is 3.35. The van der Waals surface area contributed by atoms with Crippen molar-refractivity contribution < 1.29 is 18.0 Å². The molecule has 116 valence electrons. The number of nitrogens with one attached hydrogen (secondary N) is 2. The van der Waals surface area contributed by atoms with Crippen LogP contribution in [-0.4, -0.2) is 41.5 Å². The highest BCUT2D eigenvalue weighted by Crippen LogP contribution is 2.72. The molecular weight excluding hydrogens is 285 g/mol. The Balaban J connectivity index is 1.57. The molecule has 2 fully saturated rings. The zero-order chi connectivity index (χ0) is 15.3. The van der Waals surface area contributed by atoms with Crippen LogP contribution in [0.1, 0.15) is 12.0 Å². The zero-order valence-corrected chi connectivity index (χ0v) is 11.6. The summed E-state index contributed by atoms with van der Waals surface area (Å²) in [4.78, 5) is 11.8. The average molecular weight is 302 g/mol. The standard InChI is InChI=1S/C13H17F3N4O/c1-9-2-19-20(3-9)4-10(21)18-7-11-5-12(11,8-17-6-11)13(14,15)16/h2-3,17H,4-8H2,1H3,(H,18,21)/t11-,12-/m1/s1. The number of rotatable bonds is 4. The number of halogens is 3. The molecule has 1 aromatic rings. The molecule has 1 aliphatic carbocycles. The Labute approximate surface area is 119 Å². The van der Waals surface area contributed by atoms with Gasteiger partial charge < -0.3 is 10.6 Å². The Morgan fingerprint density at radius 3 is 2.86 bits per heavy atom. The van der Waals surface area contributed by atoms with E-state index in [1.165, 1.54) is 4.68 Å². The summed E-state index contributed by atoms with van der Waals surface area (Å²) in [6.45, 7) is 2.18. The highest BCUT2D eigenvalue weighted by molar-refractivity contribution is 5.75. The minimum Gasteiger partial charge on any atom is -0.354 e. The lowest BCUT2D eigenvalue weighted by Gasteiger charge is -2.20. The van der Waals surface area contributed by atoms with E-state index in [0.29, 0.717) is 6.54 Å². The molecule has 0 unspecified atom stereocenters. The van der Waals surface area contributed by atoms with Gasteiger partial charge >= 0.3 is 6.18 Å². The first-order valence-corrected chi connectivity index (χ1v) is 6.81. The number of amides is 1. The van der Waals surface area contributed by atoms with Gasteiger partial charge in [0.15, 0.2) is 0 Å². The molecule has 21 heavy (non-hydrogen) atoms. The first-order valence-electron chi connectivity index (χ1n) is 6.81. The molecular formula is C13H17F3N4O. The summed E-state index contributed by atoms with van der Waals surface area (Å²) in [7, 11) is 0. The van der Waals surface area contributed by atoms with Gasteiger partial charge in [-0.2, -0.15) is 18.3 Å². The van der Waals surface area contributed by atoms with Crippen LogP contribution < -0.4 is 10.6 Å². The second-order valence-electron chi connectivity index (χ2n) is 6.13. The summed E-state index contributed by atoms with van der Waals surface area (Å²) in [6.07, 6.45) is -0.785. The van der Waals surface area contributed by atoms with Crippen LogP contribution in [0.3, 0.4) is 0 Å². The first-order chi connectivity index (χ1) is 9.78. The predicted octanol–water partition coefficient (Wildman–Crippen LogP) is 0.850. The van der Waals surface area contributed by atoms with E-state index in [2.05, 4.69) is 15.7 Å². The van der Waals surface area contributed by atoms with E-state index in [1.54, 1.807) is 12.4 Å². The average Bonchev–Trinajstić information content (AvgIpc) is 2.66. The van der Waals surface area contributed by atoms with Gasteiger partial charge in [-0.3, -0.25) is 9.48 Å².